The summed E-state index contributed by atoms with van der Waals surface area (Å²) in [7, 11) is -1.94. The minimum Gasteiger partial charge on any atom is -0.361 e. The zero-order chi connectivity index (χ0) is 17.6. The average Bonchev–Trinajstić information content (AvgIpc) is 2.76. The summed E-state index contributed by atoms with van der Waals surface area (Å²) >= 11 is 2.99. The van der Waals surface area contributed by atoms with Crippen LogP contribution in [0, 0.1) is 5.82 Å². The molecule has 0 amide bonds. The van der Waals surface area contributed by atoms with E-state index < -0.39 is 33.8 Å². The molecule has 0 radical (unpaired) electrons. The molecule has 0 saturated heterocycles. The molecule has 128 valence electrons. The molecule has 0 aliphatic heterocycles. The number of rotatable bonds is 3. The van der Waals surface area contributed by atoms with E-state index in [1.54, 1.807) is 20.8 Å². The summed E-state index contributed by atoms with van der Waals surface area (Å²) in [6.45, 7) is 4.70. The van der Waals surface area contributed by atoms with Crippen molar-refractivity contribution in [3.63, 3.8) is 0 Å². The lowest BCUT2D eigenvalue weighted by atomic mass is 10.1. The van der Waals surface area contributed by atoms with Crippen molar-refractivity contribution in [1.29, 1.82) is 0 Å². The molecule has 2 N–H and O–H groups in total. The van der Waals surface area contributed by atoms with Crippen LogP contribution in [0.4, 0.5) is 17.6 Å². The third-order valence-corrected chi connectivity index (χ3v) is 5.34. The molecule has 23 heavy (non-hydrogen) atoms. The van der Waals surface area contributed by atoms with Gasteiger partial charge in [-0.25, -0.2) is 13.3 Å². The van der Waals surface area contributed by atoms with E-state index in [1.807, 2.05) is 0 Å². The summed E-state index contributed by atoms with van der Waals surface area (Å²) < 4.78 is 67.4. The summed E-state index contributed by atoms with van der Waals surface area (Å²) in [6.07, 6.45) is -3.53. The van der Waals surface area contributed by atoms with Crippen LogP contribution in [-0.2, 0) is 11.0 Å². The van der Waals surface area contributed by atoms with Gasteiger partial charge in [0.15, 0.2) is 0 Å². The Labute approximate surface area is 141 Å². The van der Waals surface area contributed by atoms with Gasteiger partial charge in [-0.3, -0.25) is 0 Å². The fourth-order valence-electron chi connectivity index (χ4n) is 1.97. The maximum Gasteiger partial charge on any atom is 0.408 e. The average molecular weight is 415 g/mol. The molecule has 0 bridgehead atoms. The van der Waals surface area contributed by atoms with Gasteiger partial charge in [0.05, 0.1) is 20.2 Å². The number of H-pyrrole nitrogens is 1. The standard InChI is InChI=1S/C14H15BrF4N2OS/c1-13(2,3)23(22)21-12(14(17,18)19)8-6-20-11-5-9(15)10(16)4-7(8)11/h4-6,12,20-21H,1-3H3/t12-,23-/m0/s1. The molecular formula is C14H15BrF4N2OS. The van der Waals surface area contributed by atoms with E-state index in [2.05, 4.69) is 25.6 Å². The Kier molecular flexibility index (Phi) is 4.94. The summed E-state index contributed by atoms with van der Waals surface area (Å²) in [5.74, 6) is -0.670. The predicted octanol–water partition coefficient (Wildman–Crippen LogP) is 4.72. The molecule has 1 heterocycles. The lowest BCUT2D eigenvalue weighted by molar-refractivity contribution is -0.152. The van der Waals surface area contributed by atoms with Crippen molar-refractivity contribution in [2.75, 3.05) is 0 Å². The Hall–Kier alpha value is -0.930. The van der Waals surface area contributed by atoms with Crippen LogP contribution < -0.4 is 4.72 Å². The minimum atomic E-state index is -4.68. The molecule has 2 rings (SSSR count). The van der Waals surface area contributed by atoms with E-state index in [0.717, 1.165) is 12.3 Å². The third-order valence-electron chi connectivity index (χ3n) is 3.17. The zero-order valence-electron chi connectivity index (χ0n) is 12.5. The smallest absolute Gasteiger partial charge is 0.361 e. The summed E-state index contributed by atoms with van der Waals surface area (Å²) in [4.78, 5) is 2.69. The van der Waals surface area contributed by atoms with Crippen LogP contribution in [0.3, 0.4) is 0 Å². The fourth-order valence-corrected chi connectivity index (χ4v) is 3.14. The fraction of sp³-hybridized carbons (Fsp3) is 0.429. The molecule has 0 saturated carbocycles. The molecule has 0 aliphatic carbocycles. The van der Waals surface area contributed by atoms with Crippen molar-refractivity contribution in [3.8, 4) is 0 Å². The van der Waals surface area contributed by atoms with Crippen molar-refractivity contribution in [3.05, 3.63) is 34.2 Å². The van der Waals surface area contributed by atoms with Gasteiger partial charge in [-0.05, 0) is 48.8 Å². The van der Waals surface area contributed by atoms with Gasteiger partial charge < -0.3 is 4.98 Å². The van der Waals surface area contributed by atoms with E-state index in [-0.39, 0.29) is 15.4 Å². The largest absolute Gasteiger partial charge is 0.408 e. The topological polar surface area (TPSA) is 44.9 Å². The van der Waals surface area contributed by atoms with E-state index in [4.69, 9.17) is 0 Å². The third kappa shape index (κ3) is 3.95. The number of hydrogen-bond donors (Lipinski definition) is 2. The highest BCUT2D eigenvalue weighted by molar-refractivity contribution is 9.10. The first kappa shape index (κ1) is 18.4. The Morgan fingerprint density at radius 2 is 1.87 bits per heavy atom. The number of aromatic nitrogens is 1. The highest BCUT2D eigenvalue weighted by atomic mass is 79.9. The van der Waals surface area contributed by atoms with Crippen LogP contribution in [0.5, 0.6) is 0 Å². The van der Waals surface area contributed by atoms with Gasteiger partial charge in [0.25, 0.3) is 0 Å². The van der Waals surface area contributed by atoms with Crippen LogP contribution in [0.25, 0.3) is 10.9 Å². The summed E-state index contributed by atoms with van der Waals surface area (Å²) in [6, 6.07) is 0.213. The number of benzene rings is 1. The Balaban J connectivity index is 2.53. The number of halogens is 5. The predicted molar refractivity (Wildman–Crippen MR) is 85.8 cm³/mol. The molecule has 0 aliphatic rings. The highest BCUT2D eigenvalue weighted by Gasteiger charge is 2.44. The Morgan fingerprint density at radius 1 is 1.26 bits per heavy atom. The van der Waals surface area contributed by atoms with Crippen molar-refractivity contribution in [2.45, 2.75) is 37.7 Å². The van der Waals surface area contributed by atoms with Crippen molar-refractivity contribution < 1.29 is 21.8 Å². The van der Waals surface area contributed by atoms with Crippen molar-refractivity contribution >= 4 is 37.8 Å². The molecule has 0 unspecified atom stereocenters. The normalized spacial score (nSPS) is 15.8. The molecule has 2 aromatic rings. The summed E-state index contributed by atoms with van der Waals surface area (Å²) in [5.41, 5.74) is 0.155. The van der Waals surface area contributed by atoms with Crippen LogP contribution in [0.15, 0.2) is 22.8 Å². The van der Waals surface area contributed by atoms with E-state index in [1.165, 1.54) is 6.07 Å². The first-order valence-electron chi connectivity index (χ1n) is 6.62. The maximum atomic E-state index is 13.7. The monoisotopic (exact) mass is 414 g/mol. The molecule has 0 fully saturated rings. The number of hydrogen-bond acceptors (Lipinski definition) is 1. The van der Waals surface area contributed by atoms with Gasteiger partial charge in [0.2, 0.25) is 0 Å². The number of nitrogens with one attached hydrogen (secondary N) is 2. The lowest BCUT2D eigenvalue weighted by Crippen LogP contribution is -2.41. The number of aromatic amines is 1. The zero-order valence-corrected chi connectivity index (χ0v) is 14.9. The second-order valence-corrected chi connectivity index (χ2v) is 8.88. The molecule has 0 spiro atoms. The highest BCUT2D eigenvalue weighted by Crippen LogP contribution is 2.38. The molecule has 3 nitrogen and oxygen atoms in total. The minimum absolute atomic E-state index is 0.0893. The van der Waals surface area contributed by atoms with Crippen LogP contribution in [-0.4, -0.2) is 20.1 Å². The van der Waals surface area contributed by atoms with Gasteiger partial charge >= 0.3 is 6.18 Å². The van der Waals surface area contributed by atoms with Crippen LogP contribution in [0.2, 0.25) is 0 Å². The summed E-state index contributed by atoms with van der Waals surface area (Å²) in [5, 5.41) is 0.0893. The molecule has 1 aromatic heterocycles. The van der Waals surface area contributed by atoms with Crippen molar-refractivity contribution in [2.24, 2.45) is 0 Å². The van der Waals surface area contributed by atoms with Crippen LogP contribution in [0.1, 0.15) is 32.4 Å². The lowest BCUT2D eigenvalue weighted by Gasteiger charge is -2.25. The van der Waals surface area contributed by atoms with Crippen molar-refractivity contribution in [1.82, 2.24) is 9.71 Å². The van der Waals surface area contributed by atoms with Crippen LogP contribution >= 0.6 is 15.9 Å². The maximum absolute atomic E-state index is 13.7. The van der Waals surface area contributed by atoms with E-state index in [0.29, 0.717) is 5.52 Å². The van der Waals surface area contributed by atoms with Gasteiger partial charge in [0.1, 0.15) is 11.9 Å². The quantitative estimate of drug-likeness (QED) is 0.700. The first-order valence-corrected chi connectivity index (χ1v) is 8.56. The van der Waals surface area contributed by atoms with Gasteiger partial charge in [-0.1, -0.05) is 0 Å². The van der Waals surface area contributed by atoms with Gasteiger partial charge in [-0.2, -0.15) is 13.2 Å². The second kappa shape index (κ2) is 6.18. The molecule has 2 atom stereocenters. The first-order chi connectivity index (χ1) is 10.4. The Bertz CT molecular complexity index is 752. The number of fused-ring (bicyclic) bond motifs is 1. The van der Waals surface area contributed by atoms with Gasteiger partial charge in [-0.15, -0.1) is 0 Å². The molecule has 9 heteroatoms. The van der Waals surface area contributed by atoms with Gasteiger partial charge in [0, 0.05) is 22.7 Å². The SMILES string of the molecule is CC(C)(C)[S@](=O)N[C@@H](c1c[nH]c2cc(Br)c(F)cc12)C(F)(F)F. The second-order valence-electron chi connectivity index (χ2n) is 6.03. The number of alkyl halides is 3. The van der Waals surface area contributed by atoms with E-state index in [9.17, 15) is 21.8 Å². The molecular weight excluding hydrogens is 400 g/mol. The van der Waals surface area contributed by atoms with E-state index >= 15 is 0 Å². The molecule has 1 aromatic carbocycles. The Morgan fingerprint density at radius 3 is 2.39 bits per heavy atom.